The van der Waals surface area contributed by atoms with Crippen LogP contribution in [0, 0.1) is 5.92 Å². The molecule has 0 aliphatic heterocycles. The van der Waals surface area contributed by atoms with Gasteiger partial charge in [0, 0.05) is 6.04 Å². The average Bonchev–Trinajstić information content (AvgIpc) is 2.44. The van der Waals surface area contributed by atoms with E-state index in [0.29, 0.717) is 18.8 Å². The number of hydrogen-bond acceptors (Lipinski definition) is 2. The van der Waals surface area contributed by atoms with Gasteiger partial charge in [-0.05, 0) is 31.2 Å². The maximum absolute atomic E-state index is 11.8. The van der Waals surface area contributed by atoms with Gasteiger partial charge in [-0.1, -0.05) is 44.2 Å². The molecular formula is C16H24N2O3. The van der Waals surface area contributed by atoms with Crippen LogP contribution in [0.5, 0.6) is 0 Å². The first-order chi connectivity index (χ1) is 9.90. The van der Waals surface area contributed by atoms with Crippen LogP contribution < -0.4 is 10.6 Å². The Balaban J connectivity index is 2.50. The predicted molar refractivity (Wildman–Crippen MR) is 82.2 cm³/mol. The minimum atomic E-state index is -1.02. The van der Waals surface area contributed by atoms with E-state index in [1.807, 2.05) is 51.1 Å². The van der Waals surface area contributed by atoms with Crippen LogP contribution in [-0.4, -0.2) is 29.2 Å². The van der Waals surface area contributed by atoms with Gasteiger partial charge in [-0.2, -0.15) is 0 Å². The first kappa shape index (κ1) is 17.0. The zero-order valence-electron chi connectivity index (χ0n) is 12.8. The second kappa shape index (κ2) is 8.29. The van der Waals surface area contributed by atoms with Gasteiger partial charge in [0.05, 0.1) is 0 Å². The summed E-state index contributed by atoms with van der Waals surface area (Å²) in [7, 11) is 0. The van der Waals surface area contributed by atoms with E-state index in [0.717, 1.165) is 5.56 Å². The Morgan fingerprint density at radius 3 is 2.24 bits per heavy atom. The maximum Gasteiger partial charge on any atom is 0.326 e. The fourth-order valence-electron chi connectivity index (χ4n) is 1.79. The van der Waals surface area contributed by atoms with Crippen molar-refractivity contribution in [2.45, 2.75) is 45.7 Å². The monoisotopic (exact) mass is 292 g/mol. The molecule has 2 amide bonds. The molecule has 0 heterocycles. The first-order valence-corrected chi connectivity index (χ1v) is 7.24. The Morgan fingerprint density at radius 2 is 1.71 bits per heavy atom. The average molecular weight is 292 g/mol. The lowest BCUT2D eigenvalue weighted by molar-refractivity contribution is -0.139. The van der Waals surface area contributed by atoms with E-state index >= 15 is 0 Å². The summed E-state index contributed by atoms with van der Waals surface area (Å²) < 4.78 is 0. The Bertz CT molecular complexity index is 460. The molecule has 116 valence electrons. The number of carbonyl (C=O) groups excluding carboxylic acids is 1. The highest BCUT2D eigenvalue weighted by Crippen LogP contribution is 2.06. The number of carbonyl (C=O) groups is 2. The largest absolute Gasteiger partial charge is 0.480 e. The lowest BCUT2D eigenvalue weighted by Crippen LogP contribution is -2.49. The van der Waals surface area contributed by atoms with E-state index in [4.69, 9.17) is 0 Å². The first-order valence-electron chi connectivity index (χ1n) is 7.24. The van der Waals surface area contributed by atoms with E-state index in [-0.39, 0.29) is 6.04 Å². The number of aliphatic carboxylic acids is 1. The third-order valence-electron chi connectivity index (χ3n) is 3.53. The number of nitrogens with one attached hydrogen (secondary N) is 2. The molecule has 0 aliphatic carbocycles. The summed E-state index contributed by atoms with van der Waals surface area (Å²) in [5.74, 6) is -0.721. The summed E-state index contributed by atoms with van der Waals surface area (Å²) in [6, 6.07) is 8.30. The van der Waals surface area contributed by atoms with Gasteiger partial charge >= 0.3 is 12.0 Å². The number of urea groups is 1. The van der Waals surface area contributed by atoms with Crippen molar-refractivity contribution < 1.29 is 14.7 Å². The molecule has 0 aromatic heterocycles. The quantitative estimate of drug-likeness (QED) is 0.722. The fourth-order valence-corrected chi connectivity index (χ4v) is 1.79. The van der Waals surface area contributed by atoms with Crippen LogP contribution in [0.3, 0.4) is 0 Å². The van der Waals surface area contributed by atoms with Crippen molar-refractivity contribution in [3.05, 3.63) is 35.9 Å². The lowest BCUT2D eigenvalue weighted by atomic mass is 10.1. The summed E-state index contributed by atoms with van der Waals surface area (Å²) in [6.45, 7) is 5.88. The van der Waals surface area contributed by atoms with Gasteiger partial charge in [-0.25, -0.2) is 9.59 Å². The molecule has 1 aromatic carbocycles. The molecule has 0 bridgehead atoms. The number of rotatable bonds is 7. The standard InChI is InChI=1S/C16H24N2O3/c1-11(2)12(3)17-16(21)18-14(15(19)20)10-9-13-7-5-4-6-8-13/h4-8,11-12,14H,9-10H2,1-3H3,(H,19,20)(H2,17,18,21). The van der Waals surface area contributed by atoms with Crippen LogP contribution >= 0.6 is 0 Å². The van der Waals surface area contributed by atoms with Crippen molar-refractivity contribution >= 4 is 12.0 Å². The predicted octanol–water partition coefficient (Wildman–Crippen LogP) is 2.42. The third-order valence-corrected chi connectivity index (χ3v) is 3.53. The highest BCUT2D eigenvalue weighted by atomic mass is 16.4. The van der Waals surface area contributed by atoms with E-state index in [1.165, 1.54) is 0 Å². The number of hydrogen-bond donors (Lipinski definition) is 3. The molecule has 1 aromatic rings. The van der Waals surface area contributed by atoms with Crippen LogP contribution in [0.2, 0.25) is 0 Å². The molecule has 2 unspecified atom stereocenters. The van der Waals surface area contributed by atoms with Gasteiger partial charge < -0.3 is 15.7 Å². The molecule has 5 nitrogen and oxygen atoms in total. The van der Waals surface area contributed by atoms with Crippen molar-refractivity contribution in [2.24, 2.45) is 5.92 Å². The SMILES string of the molecule is CC(C)C(C)NC(=O)NC(CCc1ccccc1)C(=O)O. The molecule has 1 rings (SSSR count). The number of amides is 2. The van der Waals surface area contributed by atoms with Gasteiger partial charge in [0.2, 0.25) is 0 Å². The molecule has 3 N–H and O–H groups in total. The van der Waals surface area contributed by atoms with Crippen molar-refractivity contribution in [3.8, 4) is 0 Å². The topological polar surface area (TPSA) is 78.4 Å². The van der Waals surface area contributed by atoms with E-state index in [1.54, 1.807) is 0 Å². The molecule has 0 saturated carbocycles. The zero-order valence-corrected chi connectivity index (χ0v) is 12.8. The van der Waals surface area contributed by atoms with E-state index < -0.39 is 18.0 Å². The zero-order chi connectivity index (χ0) is 15.8. The van der Waals surface area contributed by atoms with Crippen LogP contribution in [0.15, 0.2) is 30.3 Å². The molecule has 0 spiro atoms. The summed E-state index contributed by atoms with van der Waals surface area (Å²) in [6.07, 6.45) is 0.973. The van der Waals surface area contributed by atoms with Crippen molar-refractivity contribution in [1.82, 2.24) is 10.6 Å². The van der Waals surface area contributed by atoms with Crippen LogP contribution in [0.25, 0.3) is 0 Å². The molecule has 21 heavy (non-hydrogen) atoms. The minimum Gasteiger partial charge on any atom is -0.480 e. The van der Waals surface area contributed by atoms with Gasteiger partial charge in [-0.15, -0.1) is 0 Å². The van der Waals surface area contributed by atoms with Crippen LogP contribution in [-0.2, 0) is 11.2 Å². The summed E-state index contributed by atoms with van der Waals surface area (Å²) in [4.78, 5) is 23.0. The Kier molecular flexibility index (Phi) is 6.72. The third kappa shape index (κ3) is 6.29. The summed E-state index contributed by atoms with van der Waals surface area (Å²) in [5, 5.41) is 14.5. The normalized spacial score (nSPS) is 13.5. The number of benzene rings is 1. The Hall–Kier alpha value is -2.04. The Labute approximate surface area is 125 Å². The molecular weight excluding hydrogens is 268 g/mol. The van der Waals surface area contributed by atoms with Crippen molar-refractivity contribution in [3.63, 3.8) is 0 Å². The number of carboxylic acids is 1. The van der Waals surface area contributed by atoms with Gasteiger partial charge in [0.15, 0.2) is 0 Å². The fraction of sp³-hybridized carbons (Fsp3) is 0.500. The molecule has 0 aliphatic rings. The van der Waals surface area contributed by atoms with Crippen LogP contribution in [0.4, 0.5) is 4.79 Å². The Morgan fingerprint density at radius 1 is 1.10 bits per heavy atom. The maximum atomic E-state index is 11.8. The minimum absolute atomic E-state index is 0.00596. The second-order valence-electron chi connectivity index (χ2n) is 5.57. The van der Waals surface area contributed by atoms with Crippen molar-refractivity contribution in [1.29, 1.82) is 0 Å². The second-order valence-corrected chi connectivity index (χ2v) is 5.57. The number of carboxylic acid groups (broad SMARTS) is 1. The molecule has 5 heteroatoms. The van der Waals surface area contributed by atoms with E-state index in [2.05, 4.69) is 10.6 Å². The number of aryl methyl sites for hydroxylation is 1. The van der Waals surface area contributed by atoms with Gasteiger partial charge in [0.25, 0.3) is 0 Å². The van der Waals surface area contributed by atoms with Gasteiger partial charge in [0.1, 0.15) is 6.04 Å². The lowest BCUT2D eigenvalue weighted by Gasteiger charge is -2.20. The summed E-state index contributed by atoms with van der Waals surface area (Å²) in [5.41, 5.74) is 1.06. The van der Waals surface area contributed by atoms with Crippen LogP contribution in [0.1, 0.15) is 32.8 Å². The molecule has 0 saturated heterocycles. The highest BCUT2D eigenvalue weighted by Gasteiger charge is 2.20. The van der Waals surface area contributed by atoms with E-state index in [9.17, 15) is 14.7 Å². The smallest absolute Gasteiger partial charge is 0.326 e. The van der Waals surface area contributed by atoms with Crippen molar-refractivity contribution in [2.75, 3.05) is 0 Å². The summed E-state index contributed by atoms with van der Waals surface area (Å²) >= 11 is 0. The molecule has 0 radical (unpaired) electrons. The molecule has 0 fully saturated rings. The molecule has 2 atom stereocenters. The highest BCUT2D eigenvalue weighted by molar-refractivity contribution is 5.82. The van der Waals surface area contributed by atoms with Gasteiger partial charge in [-0.3, -0.25) is 0 Å².